The molecule has 0 radical (unpaired) electrons. The molecule has 1 aliphatic carbocycles. The summed E-state index contributed by atoms with van der Waals surface area (Å²) in [5, 5.41) is 3.29. The molecular formula is C16H22BrNO. The first-order chi connectivity index (χ1) is 9.25. The van der Waals surface area contributed by atoms with E-state index < -0.39 is 0 Å². The number of halogens is 1. The van der Waals surface area contributed by atoms with E-state index in [1.54, 1.807) is 0 Å². The van der Waals surface area contributed by atoms with Crippen molar-refractivity contribution < 1.29 is 4.74 Å². The molecule has 2 aliphatic rings. The van der Waals surface area contributed by atoms with Crippen molar-refractivity contribution in [1.29, 1.82) is 0 Å². The predicted octanol–water partition coefficient (Wildman–Crippen LogP) is 4.24. The molecule has 104 valence electrons. The van der Waals surface area contributed by atoms with Crippen molar-refractivity contribution in [2.75, 3.05) is 13.6 Å². The average molecular weight is 324 g/mol. The number of hydrogen-bond donors (Lipinski definition) is 1. The van der Waals surface area contributed by atoms with E-state index in [9.17, 15) is 0 Å². The van der Waals surface area contributed by atoms with Crippen molar-refractivity contribution in [1.82, 2.24) is 5.32 Å². The summed E-state index contributed by atoms with van der Waals surface area (Å²) in [6, 6.07) is 6.49. The minimum absolute atomic E-state index is 0.0816. The molecule has 1 aliphatic heterocycles. The molecule has 1 aromatic carbocycles. The van der Waals surface area contributed by atoms with E-state index in [0.717, 1.165) is 16.8 Å². The summed E-state index contributed by atoms with van der Waals surface area (Å²) in [4.78, 5) is 0. The Hall–Kier alpha value is -0.540. The van der Waals surface area contributed by atoms with Crippen LogP contribution in [0.15, 0.2) is 22.7 Å². The van der Waals surface area contributed by atoms with Crippen LogP contribution in [0.25, 0.3) is 0 Å². The number of benzene rings is 1. The monoisotopic (exact) mass is 323 g/mol. The summed E-state index contributed by atoms with van der Waals surface area (Å²) in [6.07, 6.45) is 7.58. The van der Waals surface area contributed by atoms with Gasteiger partial charge in [0.25, 0.3) is 0 Å². The molecule has 0 bridgehead atoms. The normalized spacial score (nSPS) is 24.2. The maximum atomic E-state index is 6.45. The molecule has 3 heteroatoms. The zero-order chi connectivity index (χ0) is 13.3. The first kappa shape index (κ1) is 13.4. The van der Waals surface area contributed by atoms with Crippen LogP contribution >= 0.6 is 15.9 Å². The van der Waals surface area contributed by atoms with E-state index in [-0.39, 0.29) is 5.60 Å². The third-order valence-electron chi connectivity index (χ3n) is 4.68. The Balaban J connectivity index is 1.94. The smallest absolute Gasteiger partial charge is 0.123 e. The molecule has 3 rings (SSSR count). The quantitative estimate of drug-likeness (QED) is 0.898. The third kappa shape index (κ3) is 2.43. The number of ether oxygens (including phenoxy) is 1. The Labute approximate surface area is 124 Å². The lowest BCUT2D eigenvalue weighted by Crippen LogP contribution is -2.41. The van der Waals surface area contributed by atoms with Gasteiger partial charge in [0.15, 0.2) is 0 Å². The molecule has 0 unspecified atom stereocenters. The van der Waals surface area contributed by atoms with Gasteiger partial charge < -0.3 is 10.1 Å². The van der Waals surface area contributed by atoms with Gasteiger partial charge in [-0.3, -0.25) is 0 Å². The topological polar surface area (TPSA) is 21.3 Å². The number of fused-ring (bicyclic) bond motifs is 1. The molecule has 1 fully saturated rings. The zero-order valence-electron chi connectivity index (χ0n) is 11.5. The molecule has 1 N–H and O–H groups in total. The molecular weight excluding hydrogens is 302 g/mol. The molecule has 0 amide bonds. The fraction of sp³-hybridized carbons (Fsp3) is 0.625. The van der Waals surface area contributed by atoms with Gasteiger partial charge in [0.1, 0.15) is 11.4 Å². The van der Waals surface area contributed by atoms with Gasteiger partial charge in [-0.2, -0.15) is 0 Å². The number of nitrogens with one attached hydrogen (secondary N) is 1. The van der Waals surface area contributed by atoms with Crippen molar-refractivity contribution in [3.8, 4) is 5.75 Å². The lowest BCUT2D eigenvalue weighted by molar-refractivity contribution is 0.0264. The lowest BCUT2D eigenvalue weighted by atomic mass is 9.73. The summed E-state index contributed by atoms with van der Waals surface area (Å²) in [7, 11) is 2.03. The second-order valence-corrected chi connectivity index (χ2v) is 6.77. The Kier molecular flexibility index (Phi) is 3.86. The number of hydrogen-bond acceptors (Lipinski definition) is 2. The maximum absolute atomic E-state index is 6.45. The van der Waals surface area contributed by atoms with Crippen molar-refractivity contribution >= 4 is 15.9 Å². The zero-order valence-corrected chi connectivity index (χ0v) is 13.1. The van der Waals surface area contributed by atoms with Crippen LogP contribution in [-0.4, -0.2) is 19.2 Å². The van der Waals surface area contributed by atoms with Crippen LogP contribution in [0.4, 0.5) is 0 Å². The van der Waals surface area contributed by atoms with Crippen LogP contribution in [0.3, 0.4) is 0 Å². The molecule has 1 aromatic rings. The molecule has 0 saturated heterocycles. The average Bonchev–Trinajstić information content (AvgIpc) is 2.70. The van der Waals surface area contributed by atoms with Crippen LogP contribution in [-0.2, 0) is 0 Å². The summed E-state index contributed by atoms with van der Waals surface area (Å²) < 4.78 is 7.62. The first-order valence-electron chi connectivity index (χ1n) is 7.38. The molecule has 19 heavy (non-hydrogen) atoms. The Morgan fingerprint density at radius 2 is 2.11 bits per heavy atom. The molecule has 1 heterocycles. The summed E-state index contributed by atoms with van der Waals surface area (Å²) in [5.74, 6) is 1.67. The molecule has 1 atom stereocenters. The molecule has 2 nitrogen and oxygen atoms in total. The predicted molar refractivity (Wildman–Crippen MR) is 81.9 cm³/mol. The highest BCUT2D eigenvalue weighted by Crippen LogP contribution is 2.53. The fourth-order valence-electron chi connectivity index (χ4n) is 3.77. The first-order valence-corrected chi connectivity index (χ1v) is 8.17. The van der Waals surface area contributed by atoms with E-state index >= 15 is 0 Å². The second-order valence-electron chi connectivity index (χ2n) is 5.85. The summed E-state index contributed by atoms with van der Waals surface area (Å²) >= 11 is 3.60. The highest BCUT2D eigenvalue weighted by molar-refractivity contribution is 9.10. The lowest BCUT2D eigenvalue weighted by Gasteiger charge is -2.38. The highest BCUT2D eigenvalue weighted by atomic mass is 79.9. The third-order valence-corrected chi connectivity index (χ3v) is 5.17. The van der Waals surface area contributed by atoms with Crippen LogP contribution in [0.5, 0.6) is 5.75 Å². The second kappa shape index (κ2) is 5.45. The fourth-order valence-corrected chi connectivity index (χ4v) is 4.14. The van der Waals surface area contributed by atoms with Gasteiger partial charge >= 0.3 is 0 Å². The van der Waals surface area contributed by atoms with E-state index in [4.69, 9.17) is 4.74 Å². The molecule has 1 spiro atoms. The summed E-state index contributed by atoms with van der Waals surface area (Å²) in [6.45, 7) is 1.06. The van der Waals surface area contributed by atoms with Gasteiger partial charge in [-0.25, -0.2) is 0 Å². The Morgan fingerprint density at radius 1 is 1.32 bits per heavy atom. The van der Waals surface area contributed by atoms with Gasteiger partial charge in [-0.1, -0.05) is 22.4 Å². The van der Waals surface area contributed by atoms with E-state index in [1.165, 1.54) is 44.1 Å². The van der Waals surface area contributed by atoms with Crippen molar-refractivity contribution in [2.45, 2.75) is 50.0 Å². The van der Waals surface area contributed by atoms with Crippen LogP contribution < -0.4 is 10.1 Å². The van der Waals surface area contributed by atoms with Crippen LogP contribution in [0, 0.1) is 0 Å². The van der Waals surface area contributed by atoms with E-state index in [0.29, 0.717) is 5.92 Å². The Bertz CT molecular complexity index is 454. The standard InChI is InChI=1S/C16H22BrNO/c1-18-10-7-14-13-11-12(17)5-6-15(13)19-16(14)8-3-2-4-9-16/h5-6,11,14,18H,2-4,7-10H2,1H3/t14-/m1/s1. The van der Waals surface area contributed by atoms with Crippen LogP contribution in [0.2, 0.25) is 0 Å². The molecule has 1 saturated carbocycles. The van der Waals surface area contributed by atoms with E-state index in [2.05, 4.69) is 39.4 Å². The maximum Gasteiger partial charge on any atom is 0.123 e. The minimum Gasteiger partial charge on any atom is -0.486 e. The molecule has 0 aromatic heterocycles. The van der Waals surface area contributed by atoms with Gasteiger partial charge in [0.2, 0.25) is 0 Å². The van der Waals surface area contributed by atoms with Crippen molar-refractivity contribution in [3.63, 3.8) is 0 Å². The van der Waals surface area contributed by atoms with E-state index in [1.807, 2.05) is 7.05 Å². The Morgan fingerprint density at radius 3 is 2.84 bits per heavy atom. The van der Waals surface area contributed by atoms with Crippen molar-refractivity contribution in [2.24, 2.45) is 0 Å². The van der Waals surface area contributed by atoms with Gasteiger partial charge in [-0.15, -0.1) is 0 Å². The summed E-state index contributed by atoms with van der Waals surface area (Å²) in [5.41, 5.74) is 1.49. The van der Waals surface area contributed by atoms with Crippen LogP contribution in [0.1, 0.15) is 50.0 Å². The number of rotatable bonds is 3. The van der Waals surface area contributed by atoms with Gasteiger partial charge in [0.05, 0.1) is 0 Å². The van der Waals surface area contributed by atoms with Gasteiger partial charge in [-0.05, 0) is 63.9 Å². The van der Waals surface area contributed by atoms with Crippen molar-refractivity contribution in [3.05, 3.63) is 28.2 Å². The minimum atomic E-state index is 0.0816. The largest absolute Gasteiger partial charge is 0.486 e. The highest BCUT2D eigenvalue weighted by Gasteiger charge is 2.48. The SMILES string of the molecule is CNCC[C@@H]1c2cc(Br)ccc2OC12CCCCC2. The van der Waals surface area contributed by atoms with Gasteiger partial charge in [0, 0.05) is 16.0 Å².